The Kier molecular flexibility index (Phi) is 4.66. The van der Waals surface area contributed by atoms with Crippen LogP contribution in [0.5, 0.6) is 0 Å². The summed E-state index contributed by atoms with van der Waals surface area (Å²) in [7, 11) is 0. The predicted molar refractivity (Wildman–Crippen MR) is 72.6 cm³/mol. The van der Waals surface area contributed by atoms with Gasteiger partial charge in [-0.1, -0.05) is 37.4 Å². The molecule has 1 unspecified atom stereocenters. The molecule has 0 aromatic carbocycles. The monoisotopic (exact) mass is 269 g/mol. The van der Waals surface area contributed by atoms with Gasteiger partial charge in [-0.05, 0) is 12.3 Å². The van der Waals surface area contributed by atoms with E-state index in [-0.39, 0.29) is 17.5 Å². The second kappa shape index (κ2) is 6.24. The molecule has 1 atom stereocenters. The zero-order chi connectivity index (χ0) is 13.0. The number of nitrogen functional groups attached to an aromatic ring is 1. The zero-order valence-electron chi connectivity index (χ0n) is 10.3. The summed E-state index contributed by atoms with van der Waals surface area (Å²) < 4.78 is 0. The number of aliphatic hydroxyl groups excluding tert-OH is 1. The van der Waals surface area contributed by atoms with Crippen LogP contribution in [0.1, 0.15) is 32.1 Å². The van der Waals surface area contributed by atoms with E-state index in [4.69, 9.17) is 5.73 Å². The van der Waals surface area contributed by atoms with E-state index in [9.17, 15) is 9.90 Å². The van der Waals surface area contributed by atoms with Gasteiger partial charge >= 0.3 is 0 Å². The van der Waals surface area contributed by atoms with Crippen molar-refractivity contribution < 1.29 is 5.11 Å². The summed E-state index contributed by atoms with van der Waals surface area (Å²) in [5.41, 5.74) is 5.24. The molecule has 1 fully saturated rings. The number of hydrogen-bond acceptors (Lipinski definition) is 5. The van der Waals surface area contributed by atoms with Crippen LogP contribution in [0.15, 0.2) is 16.0 Å². The number of nitrogens with two attached hydrogens (primary N) is 1. The van der Waals surface area contributed by atoms with E-state index in [1.165, 1.54) is 43.5 Å². The topological polar surface area (TPSA) is 92.0 Å². The van der Waals surface area contributed by atoms with E-state index in [2.05, 4.69) is 9.97 Å². The van der Waals surface area contributed by atoms with Crippen molar-refractivity contribution in [3.05, 3.63) is 16.4 Å². The van der Waals surface area contributed by atoms with Gasteiger partial charge in [0.05, 0.1) is 6.10 Å². The lowest BCUT2D eigenvalue weighted by Crippen LogP contribution is -2.16. The molecule has 1 aliphatic carbocycles. The van der Waals surface area contributed by atoms with Crippen molar-refractivity contribution in [3.8, 4) is 0 Å². The van der Waals surface area contributed by atoms with Crippen LogP contribution >= 0.6 is 11.8 Å². The Morgan fingerprint density at radius 2 is 2.28 bits per heavy atom. The van der Waals surface area contributed by atoms with Crippen molar-refractivity contribution >= 4 is 17.6 Å². The third kappa shape index (κ3) is 4.03. The summed E-state index contributed by atoms with van der Waals surface area (Å²) in [4.78, 5) is 17.8. The highest BCUT2D eigenvalue weighted by atomic mass is 32.2. The largest absolute Gasteiger partial charge is 0.392 e. The zero-order valence-corrected chi connectivity index (χ0v) is 11.1. The number of aromatic nitrogens is 2. The SMILES string of the molecule is Nc1cc(=O)[nH]c(SCC(O)CC2CCCC2)n1. The fourth-order valence-corrected chi connectivity index (χ4v) is 3.22. The lowest BCUT2D eigenvalue weighted by molar-refractivity contribution is 0.165. The first kappa shape index (κ1) is 13.4. The molecule has 2 rings (SSSR count). The summed E-state index contributed by atoms with van der Waals surface area (Å²) in [6.45, 7) is 0. The van der Waals surface area contributed by atoms with Gasteiger partial charge in [0.2, 0.25) is 0 Å². The van der Waals surface area contributed by atoms with Crippen LogP contribution in [0.4, 0.5) is 5.82 Å². The Morgan fingerprint density at radius 3 is 2.94 bits per heavy atom. The summed E-state index contributed by atoms with van der Waals surface area (Å²) in [6, 6.07) is 1.25. The van der Waals surface area contributed by atoms with Gasteiger partial charge in [-0.3, -0.25) is 4.79 Å². The van der Waals surface area contributed by atoms with Crippen molar-refractivity contribution in [2.24, 2.45) is 5.92 Å². The Hall–Kier alpha value is -1.01. The lowest BCUT2D eigenvalue weighted by atomic mass is 10.0. The molecular formula is C12H19N3O2S. The molecule has 1 aromatic heterocycles. The molecule has 0 amide bonds. The van der Waals surface area contributed by atoms with Gasteiger partial charge in [0, 0.05) is 11.8 Å². The third-order valence-electron chi connectivity index (χ3n) is 3.23. The first-order valence-electron chi connectivity index (χ1n) is 6.31. The Balaban J connectivity index is 1.81. The maximum Gasteiger partial charge on any atom is 0.253 e. The van der Waals surface area contributed by atoms with E-state index in [0.717, 1.165) is 6.42 Å². The minimum atomic E-state index is -0.343. The van der Waals surface area contributed by atoms with Crippen LogP contribution in [0.3, 0.4) is 0 Å². The molecule has 5 nitrogen and oxygen atoms in total. The minimum absolute atomic E-state index is 0.214. The van der Waals surface area contributed by atoms with E-state index < -0.39 is 0 Å². The average Bonchev–Trinajstić information content (AvgIpc) is 2.78. The first-order valence-corrected chi connectivity index (χ1v) is 7.30. The van der Waals surface area contributed by atoms with Crippen LogP contribution in [0, 0.1) is 5.92 Å². The fourth-order valence-electron chi connectivity index (χ4n) is 2.40. The summed E-state index contributed by atoms with van der Waals surface area (Å²) in [5.74, 6) is 1.42. The van der Waals surface area contributed by atoms with Gasteiger partial charge in [-0.15, -0.1) is 0 Å². The summed E-state index contributed by atoms with van der Waals surface area (Å²) in [5, 5.41) is 10.4. The van der Waals surface area contributed by atoms with Crippen LogP contribution in [0.25, 0.3) is 0 Å². The van der Waals surface area contributed by atoms with Crippen LogP contribution in [-0.4, -0.2) is 26.9 Å². The molecule has 0 saturated heterocycles. The Labute approximate surface area is 110 Å². The minimum Gasteiger partial charge on any atom is -0.392 e. The maximum atomic E-state index is 11.2. The fraction of sp³-hybridized carbons (Fsp3) is 0.667. The number of aliphatic hydroxyl groups is 1. The standard InChI is InChI=1S/C12H19N3O2S/c13-10-6-11(17)15-12(14-10)18-7-9(16)5-8-3-1-2-4-8/h6,8-9,16H,1-5,7H2,(H3,13,14,15,17). The number of nitrogens with zero attached hydrogens (tertiary/aromatic N) is 1. The molecule has 1 aliphatic rings. The molecule has 0 radical (unpaired) electrons. The number of thioether (sulfide) groups is 1. The van der Waals surface area contributed by atoms with Gasteiger partial charge in [0.1, 0.15) is 5.82 Å². The van der Waals surface area contributed by atoms with Crippen molar-refractivity contribution in [3.63, 3.8) is 0 Å². The molecule has 100 valence electrons. The number of aromatic amines is 1. The normalized spacial score (nSPS) is 18.1. The van der Waals surface area contributed by atoms with Gasteiger partial charge in [0.15, 0.2) is 5.16 Å². The molecule has 1 aromatic rings. The molecule has 1 heterocycles. The molecule has 0 aliphatic heterocycles. The van der Waals surface area contributed by atoms with Gasteiger partial charge < -0.3 is 15.8 Å². The van der Waals surface area contributed by atoms with Crippen molar-refractivity contribution in [2.75, 3.05) is 11.5 Å². The Bertz CT molecular complexity index is 443. The van der Waals surface area contributed by atoms with Crippen molar-refractivity contribution in [1.82, 2.24) is 9.97 Å². The van der Waals surface area contributed by atoms with Gasteiger partial charge in [-0.25, -0.2) is 4.98 Å². The first-order chi connectivity index (χ1) is 8.63. The average molecular weight is 269 g/mol. The highest BCUT2D eigenvalue weighted by Crippen LogP contribution is 2.29. The molecular weight excluding hydrogens is 250 g/mol. The predicted octanol–water partition coefficient (Wildman–Crippen LogP) is 1.39. The molecule has 6 heteroatoms. The molecule has 1 saturated carbocycles. The van der Waals surface area contributed by atoms with Crippen LogP contribution in [-0.2, 0) is 0 Å². The van der Waals surface area contributed by atoms with Crippen molar-refractivity contribution in [1.29, 1.82) is 0 Å². The highest BCUT2D eigenvalue weighted by molar-refractivity contribution is 7.99. The number of nitrogens with one attached hydrogen (secondary N) is 1. The van der Waals surface area contributed by atoms with Crippen LogP contribution < -0.4 is 11.3 Å². The number of H-pyrrole nitrogens is 1. The van der Waals surface area contributed by atoms with Gasteiger partial charge in [-0.2, -0.15) is 0 Å². The lowest BCUT2D eigenvalue weighted by Gasteiger charge is -2.14. The van der Waals surface area contributed by atoms with Crippen molar-refractivity contribution in [2.45, 2.75) is 43.4 Å². The number of hydrogen-bond donors (Lipinski definition) is 3. The summed E-state index contributed by atoms with van der Waals surface area (Å²) in [6.07, 6.45) is 5.54. The highest BCUT2D eigenvalue weighted by Gasteiger charge is 2.19. The smallest absolute Gasteiger partial charge is 0.253 e. The quantitative estimate of drug-likeness (QED) is 0.555. The second-order valence-electron chi connectivity index (χ2n) is 4.83. The molecule has 0 bridgehead atoms. The van der Waals surface area contributed by atoms with E-state index in [0.29, 0.717) is 16.8 Å². The third-order valence-corrected chi connectivity index (χ3v) is 4.25. The van der Waals surface area contributed by atoms with Crippen LogP contribution in [0.2, 0.25) is 0 Å². The maximum absolute atomic E-state index is 11.2. The number of rotatable bonds is 5. The van der Waals surface area contributed by atoms with E-state index in [1.54, 1.807) is 0 Å². The van der Waals surface area contributed by atoms with Gasteiger partial charge in [0.25, 0.3) is 5.56 Å². The summed E-state index contributed by atoms with van der Waals surface area (Å²) >= 11 is 1.34. The molecule has 4 N–H and O–H groups in total. The molecule has 0 spiro atoms. The molecule has 18 heavy (non-hydrogen) atoms. The number of anilines is 1. The van der Waals surface area contributed by atoms with E-state index >= 15 is 0 Å². The van der Waals surface area contributed by atoms with E-state index in [1.807, 2.05) is 0 Å². The second-order valence-corrected chi connectivity index (χ2v) is 5.84. The Morgan fingerprint density at radius 1 is 1.56 bits per heavy atom.